The minimum absolute atomic E-state index is 0.0251. The van der Waals surface area contributed by atoms with E-state index in [0.717, 1.165) is 24.1 Å². The van der Waals surface area contributed by atoms with Crippen LogP contribution < -0.4 is 15.0 Å². The van der Waals surface area contributed by atoms with Crippen LogP contribution >= 0.6 is 0 Å². The van der Waals surface area contributed by atoms with E-state index in [1.807, 2.05) is 11.8 Å². The predicted molar refractivity (Wildman–Crippen MR) is 133 cm³/mol. The summed E-state index contributed by atoms with van der Waals surface area (Å²) in [5, 5.41) is 2.89. The fourth-order valence-corrected chi connectivity index (χ4v) is 6.65. The molecular formula is C26H31N3O5S. The van der Waals surface area contributed by atoms with Gasteiger partial charge in [-0.15, -0.1) is 0 Å². The second-order valence-corrected chi connectivity index (χ2v) is 11.7. The maximum Gasteiger partial charge on any atom is 0.243 e. The fraction of sp³-hybridized carbons (Fsp3) is 0.462. The van der Waals surface area contributed by atoms with Crippen molar-refractivity contribution in [2.45, 2.75) is 50.0 Å². The van der Waals surface area contributed by atoms with Crippen molar-refractivity contribution in [2.75, 3.05) is 30.4 Å². The highest BCUT2D eigenvalue weighted by atomic mass is 32.2. The number of carbonyl (C=O) groups is 2. The topological polar surface area (TPSA) is 96.0 Å². The Morgan fingerprint density at radius 1 is 1.03 bits per heavy atom. The van der Waals surface area contributed by atoms with Gasteiger partial charge in [0.15, 0.2) is 0 Å². The first-order valence-electron chi connectivity index (χ1n) is 12.2. The van der Waals surface area contributed by atoms with Crippen LogP contribution in [-0.2, 0) is 26.0 Å². The lowest BCUT2D eigenvalue weighted by Gasteiger charge is -2.31. The molecule has 2 aromatic rings. The van der Waals surface area contributed by atoms with Gasteiger partial charge in [-0.2, -0.15) is 4.31 Å². The van der Waals surface area contributed by atoms with Crippen LogP contribution in [0.4, 0.5) is 11.4 Å². The van der Waals surface area contributed by atoms with E-state index < -0.39 is 15.9 Å². The van der Waals surface area contributed by atoms with Gasteiger partial charge in [-0.3, -0.25) is 9.59 Å². The number of piperidine rings is 1. The molecule has 1 saturated carbocycles. The molecule has 2 heterocycles. The van der Waals surface area contributed by atoms with Crippen molar-refractivity contribution >= 4 is 33.2 Å². The minimum atomic E-state index is -3.76. The van der Waals surface area contributed by atoms with Crippen LogP contribution in [0.25, 0.3) is 0 Å². The van der Waals surface area contributed by atoms with Gasteiger partial charge in [0.25, 0.3) is 0 Å². The molecule has 2 aliphatic heterocycles. The van der Waals surface area contributed by atoms with E-state index >= 15 is 0 Å². The number of benzene rings is 2. The smallest absolute Gasteiger partial charge is 0.243 e. The maximum atomic E-state index is 13.5. The van der Waals surface area contributed by atoms with E-state index in [4.69, 9.17) is 4.74 Å². The number of hydrogen-bond donors (Lipinski definition) is 1. The Hall–Kier alpha value is -2.91. The minimum Gasteiger partial charge on any atom is -0.497 e. The number of nitrogens with one attached hydrogen (secondary N) is 1. The zero-order chi connectivity index (χ0) is 24.7. The van der Waals surface area contributed by atoms with Crippen LogP contribution in [0.2, 0.25) is 0 Å². The third-order valence-corrected chi connectivity index (χ3v) is 9.04. The summed E-state index contributed by atoms with van der Waals surface area (Å²) in [6.45, 7) is 2.53. The van der Waals surface area contributed by atoms with Crippen LogP contribution in [0.15, 0.2) is 47.4 Å². The van der Waals surface area contributed by atoms with Crippen molar-refractivity contribution in [3.8, 4) is 5.75 Å². The van der Waals surface area contributed by atoms with Crippen molar-refractivity contribution in [1.82, 2.24) is 4.31 Å². The molecule has 5 rings (SSSR count). The van der Waals surface area contributed by atoms with Crippen LogP contribution in [0.3, 0.4) is 0 Å². The van der Waals surface area contributed by atoms with Crippen molar-refractivity contribution in [3.05, 3.63) is 48.0 Å². The summed E-state index contributed by atoms with van der Waals surface area (Å²) in [6, 6.07) is 12.2. The highest BCUT2D eigenvalue weighted by Gasteiger charge is 2.40. The Morgan fingerprint density at radius 3 is 2.46 bits per heavy atom. The monoisotopic (exact) mass is 497 g/mol. The average molecular weight is 498 g/mol. The lowest BCUT2D eigenvalue weighted by Crippen LogP contribution is -2.43. The number of ether oxygens (including phenoxy) is 1. The van der Waals surface area contributed by atoms with E-state index in [1.165, 1.54) is 4.31 Å². The number of fused-ring (bicyclic) bond motifs is 1. The van der Waals surface area contributed by atoms with E-state index in [2.05, 4.69) is 5.32 Å². The molecule has 1 aliphatic carbocycles. The largest absolute Gasteiger partial charge is 0.497 e. The van der Waals surface area contributed by atoms with Crippen molar-refractivity contribution in [3.63, 3.8) is 0 Å². The Bertz CT molecular complexity index is 1240. The van der Waals surface area contributed by atoms with Crippen LogP contribution in [-0.4, -0.2) is 50.8 Å². The summed E-state index contributed by atoms with van der Waals surface area (Å²) in [6.07, 6.45) is 3.77. The summed E-state index contributed by atoms with van der Waals surface area (Å²) >= 11 is 0. The number of sulfonamides is 1. The Balaban J connectivity index is 1.30. The summed E-state index contributed by atoms with van der Waals surface area (Å²) in [4.78, 5) is 27.7. The van der Waals surface area contributed by atoms with E-state index in [-0.39, 0.29) is 35.2 Å². The normalized spacial score (nSPS) is 22.5. The first-order chi connectivity index (χ1) is 16.8. The van der Waals surface area contributed by atoms with E-state index in [1.54, 1.807) is 49.6 Å². The third-order valence-electron chi connectivity index (χ3n) is 7.18. The summed E-state index contributed by atoms with van der Waals surface area (Å²) in [5.74, 6) is 0.338. The Labute approximate surface area is 206 Å². The highest BCUT2D eigenvalue weighted by molar-refractivity contribution is 7.89. The molecule has 0 spiro atoms. The molecule has 2 atom stereocenters. The first kappa shape index (κ1) is 23.8. The molecule has 1 saturated heterocycles. The number of methoxy groups -OCH3 is 1. The summed E-state index contributed by atoms with van der Waals surface area (Å²) in [7, 11) is -2.18. The highest BCUT2D eigenvalue weighted by Crippen LogP contribution is 2.40. The second kappa shape index (κ2) is 9.28. The average Bonchev–Trinajstić information content (AvgIpc) is 3.66. The van der Waals surface area contributed by atoms with Crippen LogP contribution in [0.1, 0.15) is 38.2 Å². The van der Waals surface area contributed by atoms with E-state index in [9.17, 15) is 18.0 Å². The van der Waals surface area contributed by atoms with Gasteiger partial charge in [-0.05, 0) is 87.1 Å². The van der Waals surface area contributed by atoms with Gasteiger partial charge in [-0.25, -0.2) is 8.42 Å². The standard InChI is InChI=1S/C26H31N3O5S/c1-17-14-20-15-23(11-12-24(20)29(17)26(31)18-5-6-18)35(32,33)28-13-3-4-19(16-28)25(30)27-21-7-9-22(34-2)10-8-21/h7-12,15,17-19H,3-6,13-14,16H2,1-2H3,(H,27,30)/t17-,19-/m1/s1. The lowest BCUT2D eigenvalue weighted by atomic mass is 9.99. The molecule has 0 aromatic heterocycles. The quantitative estimate of drug-likeness (QED) is 0.660. The number of rotatable bonds is 6. The molecule has 0 radical (unpaired) electrons. The zero-order valence-corrected chi connectivity index (χ0v) is 20.9. The number of amides is 2. The summed E-state index contributed by atoms with van der Waals surface area (Å²) < 4.78 is 33.6. The van der Waals surface area contributed by atoms with Crippen molar-refractivity contribution in [1.29, 1.82) is 0 Å². The first-order valence-corrected chi connectivity index (χ1v) is 13.6. The van der Waals surface area contributed by atoms with Gasteiger partial charge in [0, 0.05) is 36.4 Å². The molecule has 2 aromatic carbocycles. The van der Waals surface area contributed by atoms with Crippen molar-refractivity contribution < 1.29 is 22.7 Å². The number of nitrogens with zero attached hydrogens (tertiary/aromatic N) is 2. The zero-order valence-electron chi connectivity index (χ0n) is 20.1. The van der Waals surface area contributed by atoms with Gasteiger partial charge in [-0.1, -0.05) is 0 Å². The summed E-state index contributed by atoms with van der Waals surface area (Å²) in [5.41, 5.74) is 2.36. The molecule has 1 N–H and O–H groups in total. The predicted octanol–water partition coefficient (Wildman–Crippen LogP) is 3.42. The molecule has 2 amide bonds. The van der Waals surface area contributed by atoms with Crippen LogP contribution in [0.5, 0.6) is 5.75 Å². The molecule has 0 unspecified atom stereocenters. The van der Waals surface area contributed by atoms with Gasteiger partial charge in [0.05, 0.1) is 17.9 Å². The van der Waals surface area contributed by atoms with Gasteiger partial charge in [0.2, 0.25) is 21.8 Å². The molecule has 2 fully saturated rings. The number of anilines is 2. The number of hydrogen-bond acceptors (Lipinski definition) is 5. The fourth-order valence-electron chi connectivity index (χ4n) is 5.07. The molecule has 0 bridgehead atoms. The maximum absolute atomic E-state index is 13.5. The van der Waals surface area contributed by atoms with E-state index in [0.29, 0.717) is 37.2 Å². The lowest BCUT2D eigenvalue weighted by molar-refractivity contribution is -0.121. The Kier molecular flexibility index (Phi) is 6.31. The van der Waals surface area contributed by atoms with Gasteiger partial charge in [0.1, 0.15) is 5.75 Å². The molecule has 9 heteroatoms. The number of carbonyl (C=O) groups excluding carboxylic acids is 2. The van der Waals surface area contributed by atoms with Gasteiger partial charge >= 0.3 is 0 Å². The molecule has 35 heavy (non-hydrogen) atoms. The third kappa shape index (κ3) is 4.67. The van der Waals surface area contributed by atoms with Crippen LogP contribution in [0, 0.1) is 11.8 Å². The second-order valence-electron chi connectivity index (χ2n) is 9.75. The Morgan fingerprint density at radius 2 is 1.77 bits per heavy atom. The van der Waals surface area contributed by atoms with Crippen molar-refractivity contribution in [2.24, 2.45) is 11.8 Å². The van der Waals surface area contributed by atoms with Gasteiger partial charge < -0.3 is 15.0 Å². The molecule has 3 aliphatic rings. The molecule has 186 valence electrons. The molecule has 8 nitrogen and oxygen atoms in total. The molecular weight excluding hydrogens is 466 g/mol. The SMILES string of the molecule is COc1ccc(NC(=O)[C@@H]2CCCN(S(=O)(=O)c3ccc4c(c3)C[C@@H](C)N4C(=O)C3CC3)C2)cc1.